The molecule has 5 nitrogen and oxygen atoms in total. The van der Waals surface area contributed by atoms with E-state index < -0.39 is 23.8 Å². The van der Waals surface area contributed by atoms with E-state index in [1.807, 2.05) is 0 Å². The van der Waals surface area contributed by atoms with Crippen LogP contribution in [0.15, 0.2) is 77.5 Å². The summed E-state index contributed by atoms with van der Waals surface area (Å²) in [7, 11) is 0. The van der Waals surface area contributed by atoms with Crippen LogP contribution >= 0.6 is 0 Å². The van der Waals surface area contributed by atoms with Crippen LogP contribution in [0.1, 0.15) is 23.0 Å². The number of alkyl halides is 3. The molecule has 0 amide bonds. The van der Waals surface area contributed by atoms with Gasteiger partial charge in [-0.3, -0.25) is 4.98 Å². The lowest BCUT2D eigenvalue weighted by atomic mass is 10.1. The molecule has 0 bridgehead atoms. The molecule has 1 atom stereocenters. The minimum Gasteiger partial charge on any atom is -0.457 e. The fraction of sp³-hybridized carbons (Fsp3) is 0.143. The van der Waals surface area contributed by atoms with E-state index in [1.54, 1.807) is 12.1 Å². The van der Waals surface area contributed by atoms with Gasteiger partial charge in [-0.2, -0.15) is 13.2 Å². The highest BCUT2D eigenvalue weighted by molar-refractivity contribution is 5.89. The van der Waals surface area contributed by atoms with Crippen LogP contribution < -0.4 is 0 Å². The Hall–Kier alpha value is -3.39. The van der Waals surface area contributed by atoms with E-state index in [0.29, 0.717) is 5.56 Å². The highest BCUT2D eigenvalue weighted by Crippen LogP contribution is 2.32. The lowest BCUT2D eigenvalue weighted by molar-refractivity contribution is -0.142. The van der Waals surface area contributed by atoms with Crippen LogP contribution in [-0.2, 0) is 22.3 Å². The van der Waals surface area contributed by atoms with Gasteiger partial charge in [0, 0.05) is 23.5 Å². The number of hydrogen-bond acceptors (Lipinski definition) is 5. The molecule has 3 aromatic rings. The molecule has 0 saturated heterocycles. The highest BCUT2D eigenvalue weighted by atomic mass is 19.4. The standard InChI is InChI=1S/C21H16F3NO4/c1-13(19(26)15-5-3-9-25-11-15)20(27)28-12-17-7-8-18(29-17)14-4-2-6-16(10-14)21(22,23)24/h2-11,19,26H,1,12H2. The van der Waals surface area contributed by atoms with E-state index in [4.69, 9.17) is 9.15 Å². The van der Waals surface area contributed by atoms with Gasteiger partial charge in [-0.05, 0) is 30.3 Å². The number of ether oxygens (including phenoxy) is 1. The third kappa shape index (κ3) is 4.91. The molecule has 0 aliphatic heterocycles. The molecule has 0 aliphatic carbocycles. The van der Waals surface area contributed by atoms with Gasteiger partial charge in [0.25, 0.3) is 0 Å². The van der Waals surface area contributed by atoms with Crippen molar-refractivity contribution in [2.45, 2.75) is 18.9 Å². The Morgan fingerprint density at radius 3 is 2.69 bits per heavy atom. The second-order valence-electron chi connectivity index (χ2n) is 6.13. The zero-order valence-corrected chi connectivity index (χ0v) is 15.0. The average molecular weight is 403 g/mol. The number of pyridine rings is 1. The molecule has 1 unspecified atom stereocenters. The number of esters is 1. The number of hydrogen-bond donors (Lipinski definition) is 1. The van der Waals surface area contributed by atoms with Crippen LogP contribution in [0.2, 0.25) is 0 Å². The second kappa shape index (κ2) is 8.32. The first-order chi connectivity index (χ1) is 13.8. The number of aliphatic hydroxyl groups excluding tert-OH is 1. The van der Waals surface area contributed by atoms with Crippen molar-refractivity contribution in [2.24, 2.45) is 0 Å². The van der Waals surface area contributed by atoms with Gasteiger partial charge in [0.2, 0.25) is 0 Å². The minimum absolute atomic E-state index is 0.178. The number of aromatic nitrogens is 1. The first-order valence-electron chi connectivity index (χ1n) is 8.46. The van der Waals surface area contributed by atoms with Crippen LogP contribution in [0.25, 0.3) is 11.3 Å². The van der Waals surface area contributed by atoms with Gasteiger partial charge in [0.15, 0.2) is 0 Å². The fourth-order valence-corrected chi connectivity index (χ4v) is 2.54. The Balaban J connectivity index is 1.64. The first kappa shape index (κ1) is 20.3. The number of carbonyl (C=O) groups excluding carboxylic acids is 1. The van der Waals surface area contributed by atoms with Gasteiger partial charge < -0.3 is 14.3 Å². The smallest absolute Gasteiger partial charge is 0.416 e. The molecular weight excluding hydrogens is 387 g/mol. The molecule has 0 fully saturated rings. The summed E-state index contributed by atoms with van der Waals surface area (Å²) in [5.74, 6) is -0.399. The quantitative estimate of drug-likeness (QED) is 0.477. The van der Waals surface area contributed by atoms with Crippen molar-refractivity contribution in [2.75, 3.05) is 0 Å². The Kier molecular flexibility index (Phi) is 5.84. The van der Waals surface area contributed by atoms with Gasteiger partial charge in [0.05, 0.1) is 11.1 Å². The topological polar surface area (TPSA) is 72.6 Å². The average Bonchev–Trinajstić information content (AvgIpc) is 3.20. The zero-order chi connectivity index (χ0) is 21.0. The molecule has 2 heterocycles. The van der Waals surface area contributed by atoms with E-state index in [1.165, 1.54) is 36.7 Å². The monoisotopic (exact) mass is 403 g/mol. The van der Waals surface area contributed by atoms with E-state index in [2.05, 4.69) is 11.6 Å². The molecule has 1 N–H and O–H groups in total. The number of rotatable bonds is 6. The van der Waals surface area contributed by atoms with Gasteiger partial charge in [-0.1, -0.05) is 24.8 Å². The Morgan fingerprint density at radius 2 is 2.00 bits per heavy atom. The van der Waals surface area contributed by atoms with Crippen molar-refractivity contribution in [1.82, 2.24) is 4.98 Å². The van der Waals surface area contributed by atoms with Gasteiger partial charge in [-0.25, -0.2) is 4.79 Å². The number of benzene rings is 1. The number of carbonyl (C=O) groups is 1. The molecule has 29 heavy (non-hydrogen) atoms. The summed E-state index contributed by atoms with van der Waals surface area (Å²) in [6.07, 6.45) is -2.81. The summed E-state index contributed by atoms with van der Waals surface area (Å²) in [5, 5.41) is 10.1. The molecular formula is C21H16F3NO4. The highest BCUT2D eigenvalue weighted by Gasteiger charge is 2.30. The van der Waals surface area contributed by atoms with Crippen molar-refractivity contribution in [3.05, 3.63) is 90.0 Å². The molecule has 1 aromatic carbocycles. The Labute approximate surface area is 164 Å². The van der Waals surface area contributed by atoms with Crippen molar-refractivity contribution in [3.63, 3.8) is 0 Å². The molecule has 150 valence electrons. The van der Waals surface area contributed by atoms with Gasteiger partial charge in [0.1, 0.15) is 24.2 Å². The van der Waals surface area contributed by atoms with E-state index in [0.717, 1.165) is 12.1 Å². The summed E-state index contributed by atoms with van der Waals surface area (Å²) in [5.41, 5.74) is -0.337. The van der Waals surface area contributed by atoms with Crippen molar-refractivity contribution in [1.29, 1.82) is 0 Å². The predicted molar refractivity (Wildman–Crippen MR) is 97.3 cm³/mol. The van der Waals surface area contributed by atoms with E-state index in [9.17, 15) is 23.1 Å². The van der Waals surface area contributed by atoms with Crippen LogP contribution in [-0.4, -0.2) is 16.1 Å². The molecule has 0 spiro atoms. The van der Waals surface area contributed by atoms with Gasteiger partial charge in [-0.15, -0.1) is 0 Å². The third-order valence-corrected chi connectivity index (χ3v) is 4.07. The maximum atomic E-state index is 12.8. The summed E-state index contributed by atoms with van der Waals surface area (Å²) < 4.78 is 49.1. The van der Waals surface area contributed by atoms with Crippen LogP contribution in [0.3, 0.4) is 0 Å². The fourth-order valence-electron chi connectivity index (χ4n) is 2.54. The minimum atomic E-state index is -4.46. The number of halogens is 3. The molecule has 0 radical (unpaired) electrons. The predicted octanol–water partition coefficient (Wildman–Crippen LogP) is 4.69. The van der Waals surface area contributed by atoms with Crippen molar-refractivity contribution in [3.8, 4) is 11.3 Å². The third-order valence-electron chi connectivity index (χ3n) is 4.07. The molecule has 0 saturated carbocycles. The molecule has 8 heteroatoms. The van der Waals surface area contributed by atoms with E-state index >= 15 is 0 Å². The lowest BCUT2D eigenvalue weighted by Gasteiger charge is -2.12. The second-order valence-corrected chi connectivity index (χ2v) is 6.13. The molecule has 0 aliphatic rings. The van der Waals surface area contributed by atoms with Crippen molar-refractivity contribution < 1.29 is 32.2 Å². The van der Waals surface area contributed by atoms with Crippen molar-refractivity contribution >= 4 is 5.97 Å². The maximum absolute atomic E-state index is 12.8. The number of nitrogens with zero attached hydrogens (tertiary/aromatic N) is 1. The Morgan fingerprint density at radius 1 is 1.21 bits per heavy atom. The first-order valence-corrected chi connectivity index (χ1v) is 8.46. The zero-order valence-electron chi connectivity index (χ0n) is 15.0. The van der Waals surface area contributed by atoms with E-state index in [-0.39, 0.29) is 29.3 Å². The summed E-state index contributed by atoms with van der Waals surface area (Å²) >= 11 is 0. The van der Waals surface area contributed by atoms with Crippen LogP contribution in [0.4, 0.5) is 13.2 Å². The number of aliphatic hydroxyl groups is 1. The molecule has 2 aromatic heterocycles. The summed E-state index contributed by atoms with van der Waals surface area (Å²) in [6, 6.07) is 10.9. The lowest BCUT2D eigenvalue weighted by Crippen LogP contribution is -2.13. The summed E-state index contributed by atoms with van der Waals surface area (Å²) in [4.78, 5) is 15.9. The van der Waals surface area contributed by atoms with Crippen LogP contribution in [0, 0.1) is 0 Å². The normalized spacial score (nSPS) is 12.4. The molecule has 3 rings (SSSR count). The SMILES string of the molecule is C=C(C(=O)OCc1ccc(-c2cccc(C(F)(F)F)c2)o1)C(O)c1cccnc1. The summed E-state index contributed by atoms with van der Waals surface area (Å²) in [6.45, 7) is 3.27. The number of furan rings is 1. The maximum Gasteiger partial charge on any atom is 0.416 e. The van der Waals surface area contributed by atoms with Crippen LogP contribution in [0.5, 0.6) is 0 Å². The largest absolute Gasteiger partial charge is 0.457 e. The Bertz CT molecular complexity index is 1010. The van der Waals surface area contributed by atoms with Gasteiger partial charge >= 0.3 is 12.1 Å².